The number of hydrogen-bond acceptors (Lipinski definition) is 3. The summed E-state index contributed by atoms with van der Waals surface area (Å²) in [7, 11) is 0. The van der Waals surface area contributed by atoms with Gasteiger partial charge in [0.15, 0.2) is 0 Å². The van der Waals surface area contributed by atoms with Crippen molar-refractivity contribution < 1.29 is 0 Å². The number of nitrogen functional groups attached to an aromatic ring is 1. The fraction of sp³-hybridized carbons (Fsp3) is 0.600. The minimum atomic E-state index is 0.303. The van der Waals surface area contributed by atoms with Crippen molar-refractivity contribution in [1.29, 1.82) is 0 Å². The Morgan fingerprint density at radius 1 is 1.62 bits per heavy atom. The zero-order chi connectivity index (χ0) is 9.05. The molecule has 2 aliphatic rings. The topological polar surface area (TPSA) is 51.8 Å². The minimum absolute atomic E-state index is 0.303. The zero-order valence-electron chi connectivity index (χ0n) is 7.75. The van der Waals surface area contributed by atoms with Gasteiger partial charge in [-0.05, 0) is 30.7 Å². The van der Waals surface area contributed by atoms with Crippen LogP contribution < -0.4 is 5.73 Å². The molecular weight excluding hydrogens is 162 g/mol. The van der Waals surface area contributed by atoms with Crippen molar-refractivity contribution in [2.45, 2.75) is 37.5 Å². The summed E-state index contributed by atoms with van der Waals surface area (Å²) in [6, 6.07) is 0. The predicted octanol–water partition coefficient (Wildman–Crippen LogP) is 1.60. The van der Waals surface area contributed by atoms with E-state index in [4.69, 9.17) is 5.73 Å². The van der Waals surface area contributed by atoms with E-state index in [0.717, 1.165) is 0 Å². The third-order valence-electron chi connectivity index (χ3n) is 3.59. The molecule has 3 rings (SSSR count). The van der Waals surface area contributed by atoms with Crippen LogP contribution in [0.1, 0.15) is 43.4 Å². The molecule has 1 aromatic heterocycles. The Morgan fingerprint density at radius 2 is 2.46 bits per heavy atom. The second-order valence-electron chi connectivity index (χ2n) is 4.53. The molecule has 1 heterocycles. The van der Waals surface area contributed by atoms with Gasteiger partial charge >= 0.3 is 0 Å². The first-order valence-corrected chi connectivity index (χ1v) is 4.82. The number of rotatable bonds is 0. The number of nitrogens with two attached hydrogens (primary N) is 1. The normalized spacial score (nSPS) is 35.0. The summed E-state index contributed by atoms with van der Waals surface area (Å²) in [6.45, 7) is 2.30. The molecular formula is C10H13N3. The highest BCUT2D eigenvalue weighted by molar-refractivity contribution is 5.41. The summed E-state index contributed by atoms with van der Waals surface area (Å²) in [5.74, 6) is 1.13. The SMILES string of the molecule is C[C@]12CC[C@@H](C1)c1cnc(N)nc12. The van der Waals surface area contributed by atoms with Gasteiger partial charge < -0.3 is 5.73 Å². The Kier molecular flexibility index (Phi) is 1.14. The summed E-state index contributed by atoms with van der Waals surface area (Å²) < 4.78 is 0. The lowest BCUT2D eigenvalue weighted by Crippen LogP contribution is -2.18. The van der Waals surface area contributed by atoms with Gasteiger partial charge in [0.25, 0.3) is 0 Å². The Hall–Kier alpha value is -1.12. The van der Waals surface area contributed by atoms with Crippen molar-refractivity contribution in [2.75, 3.05) is 5.73 Å². The minimum Gasteiger partial charge on any atom is -0.368 e. The predicted molar refractivity (Wildman–Crippen MR) is 50.4 cm³/mol. The summed E-state index contributed by atoms with van der Waals surface area (Å²) in [5, 5.41) is 0. The molecule has 0 radical (unpaired) electrons. The molecule has 0 aliphatic heterocycles. The largest absolute Gasteiger partial charge is 0.368 e. The maximum absolute atomic E-state index is 5.60. The molecule has 1 aromatic rings. The van der Waals surface area contributed by atoms with E-state index in [9.17, 15) is 0 Å². The number of anilines is 1. The average molecular weight is 175 g/mol. The molecule has 3 heteroatoms. The van der Waals surface area contributed by atoms with Crippen LogP contribution in [-0.2, 0) is 5.41 Å². The van der Waals surface area contributed by atoms with E-state index in [2.05, 4.69) is 16.9 Å². The van der Waals surface area contributed by atoms with Crippen LogP contribution >= 0.6 is 0 Å². The van der Waals surface area contributed by atoms with E-state index >= 15 is 0 Å². The van der Waals surface area contributed by atoms with Crippen molar-refractivity contribution >= 4 is 5.95 Å². The molecule has 0 amide bonds. The van der Waals surface area contributed by atoms with Gasteiger partial charge in [0.1, 0.15) is 0 Å². The Balaban J connectivity index is 2.25. The first kappa shape index (κ1) is 7.30. The molecule has 1 fully saturated rings. The number of fused-ring (bicyclic) bond motifs is 5. The molecule has 0 saturated heterocycles. The van der Waals surface area contributed by atoms with Gasteiger partial charge in [-0.3, -0.25) is 0 Å². The smallest absolute Gasteiger partial charge is 0.220 e. The van der Waals surface area contributed by atoms with Crippen LogP contribution in [0.5, 0.6) is 0 Å². The lowest BCUT2D eigenvalue weighted by atomic mass is 9.85. The van der Waals surface area contributed by atoms with Gasteiger partial charge in [-0.25, -0.2) is 9.97 Å². The van der Waals surface area contributed by atoms with Gasteiger partial charge in [-0.2, -0.15) is 0 Å². The highest BCUT2D eigenvalue weighted by Gasteiger charge is 2.47. The van der Waals surface area contributed by atoms with E-state index in [1.165, 1.54) is 30.5 Å². The van der Waals surface area contributed by atoms with Crippen LogP contribution in [0.4, 0.5) is 5.95 Å². The number of hydrogen-bond donors (Lipinski definition) is 1. The van der Waals surface area contributed by atoms with Gasteiger partial charge in [0, 0.05) is 11.6 Å². The lowest BCUT2D eigenvalue weighted by Gasteiger charge is -2.22. The highest BCUT2D eigenvalue weighted by Crippen LogP contribution is 2.55. The summed E-state index contributed by atoms with van der Waals surface area (Å²) in [6.07, 6.45) is 5.74. The molecule has 0 unspecified atom stereocenters. The van der Waals surface area contributed by atoms with E-state index in [0.29, 0.717) is 17.3 Å². The van der Waals surface area contributed by atoms with Crippen molar-refractivity contribution in [3.05, 3.63) is 17.5 Å². The fourth-order valence-electron chi connectivity index (χ4n) is 2.91. The third kappa shape index (κ3) is 0.794. The van der Waals surface area contributed by atoms with Crippen molar-refractivity contribution in [2.24, 2.45) is 0 Å². The van der Waals surface area contributed by atoms with Crippen LogP contribution in [0, 0.1) is 0 Å². The molecule has 2 atom stereocenters. The molecule has 1 saturated carbocycles. The van der Waals surface area contributed by atoms with E-state index in [1.807, 2.05) is 6.20 Å². The average Bonchev–Trinajstić information content (AvgIpc) is 2.59. The second kappa shape index (κ2) is 2.03. The van der Waals surface area contributed by atoms with Crippen molar-refractivity contribution in [3.8, 4) is 0 Å². The van der Waals surface area contributed by atoms with Crippen LogP contribution in [-0.4, -0.2) is 9.97 Å². The van der Waals surface area contributed by atoms with Gasteiger partial charge in [-0.1, -0.05) is 6.92 Å². The third-order valence-corrected chi connectivity index (χ3v) is 3.59. The van der Waals surface area contributed by atoms with Crippen LogP contribution in [0.2, 0.25) is 0 Å². The molecule has 3 nitrogen and oxygen atoms in total. The van der Waals surface area contributed by atoms with Crippen molar-refractivity contribution in [3.63, 3.8) is 0 Å². The van der Waals surface area contributed by atoms with Crippen LogP contribution in [0.3, 0.4) is 0 Å². The fourth-order valence-corrected chi connectivity index (χ4v) is 2.91. The molecule has 0 aromatic carbocycles. The van der Waals surface area contributed by atoms with Gasteiger partial charge in [-0.15, -0.1) is 0 Å². The highest BCUT2D eigenvalue weighted by atomic mass is 15.0. The van der Waals surface area contributed by atoms with E-state index in [-0.39, 0.29) is 0 Å². The Bertz CT molecular complexity index is 374. The van der Waals surface area contributed by atoms with Crippen molar-refractivity contribution in [1.82, 2.24) is 9.97 Å². The van der Waals surface area contributed by atoms with Crippen LogP contribution in [0.15, 0.2) is 6.20 Å². The second-order valence-corrected chi connectivity index (χ2v) is 4.53. The zero-order valence-corrected chi connectivity index (χ0v) is 7.75. The maximum Gasteiger partial charge on any atom is 0.220 e. The maximum atomic E-state index is 5.60. The summed E-state index contributed by atoms with van der Waals surface area (Å²) >= 11 is 0. The molecule has 2 aliphatic carbocycles. The van der Waals surface area contributed by atoms with Gasteiger partial charge in [0.05, 0.1) is 5.69 Å². The molecule has 0 spiro atoms. The number of nitrogens with zero attached hydrogens (tertiary/aromatic N) is 2. The van der Waals surface area contributed by atoms with Crippen LogP contribution in [0.25, 0.3) is 0 Å². The summed E-state index contributed by atoms with van der Waals surface area (Å²) in [5.41, 5.74) is 8.47. The molecule has 2 N–H and O–H groups in total. The number of aromatic nitrogens is 2. The van der Waals surface area contributed by atoms with E-state index in [1.54, 1.807) is 0 Å². The van der Waals surface area contributed by atoms with E-state index < -0.39 is 0 Å². The molecule has 2 bridgehead atoms. The summed E-state index contributed by atoms with van der Waals surface area (Å²) in [4.78, 5) is 8.44. The molecule has 13 heavy (non-hydrogen) atoms. The quantitative estimate of drug-likeness (QED) is 0.651. The lowest BCUT2D eigenvalue weighted by molar-refractivity contribution is 0.490. The Labute approximate surface area is 77.4 Å². The van der Waals surface area contributed by atoms with Gasteiger partial charge in [0.2, 0.25) is 5.95 Å². The monoisotopic (exact) mass is 175 g/mol. The first-order chi connectivity index (χ1) is 6.19. The molecule has 68 valence electrons. The first-order valence-electron chi connectivity index (χ1n) is 4.82. The standard InChI is InChI=1S/C10H13N3/c1-10-3-2-6(4-10)7-5-12-9(11)13-8(7)10/h5-6H,2-4H2,1H3,(H2,11,12,13)/t6-,10-/m0/s1. The Morgan fingerprint density at radius 3 is 3.31 bits per heavy atom.